The highest BCUT2D eigenvalue weighted by atomic mass is 16.5. The molecule has 0 bridgehead atoms. The fraction of sp³-hybridized carbons (Fsp3) is 0.200. The Morgan fingerprint density at radius 1 is 1.08 bits per heavy atom. The van der Waals surface area contributed by atoms with Gasteiger partial charge in [0.2, 0.25) is 5.78 Å². The van der Waals surface area contributed by atoms with Gasteiger partial charge in [0, 0.05) is 11.1 Å². The summed E-state index contributed by atoms with van der Waals surface area (Å²) in [6.45, 7) is 5.43. The van der Waals surface area contributed by atoms with Gasteiger partial charge in [0.05, 0.1) is 5.56 Å². The van der Waals surface area contributed by atoms with Gasteiger partial charge in [-0.25, -0.2) is 0 Å². The first-order valence-electron chi connectivity index (χ1n) is 7.73. The third kappa shape index (κ3) is 2.83. The minimum atomic E-state index is -0.111. The van der Waals surface area contributed by atoms with E-state index in [1.54, 1.807) is 24.3 Å². The second-order valence-corrected chi connectivity index (χ2v) is 5.90. The number of ether oxygens (including phenoxy) is 2. The van der Waals surface area contributed by atoms with E-state index in [9.17, 15) is 9.59 Å². The van der Waals surface area contributed by atoms with Crippen LogP contribution in [-0.4, -0.2) is 18.2 Å². The first-order valence-corrected chi connectivity index (χ1v) is 7.73. The molecule has 0 spiro atoms. The van der Waals surface area contributed by atoms with Gasteiger partial charge in [-0.2, -0.15) is 0 Å². The monoisotopic (exact) mass is 322 g/mol. The maximum atomic E-state index is 12.3. The minimum absolute atomic E-state index is 0.0624. The van der Waals surface area contributed by atoms with Crippen LogP contribution in [0.1, 0.15) is 40.1 Å². The number of hydrogen-bond acceptors (Lipinski definition) is 4. The van der Waals surface area contributed by atoms with E-state index < -0.39 is 0 Å². The van der Waals surface area contributed by atoms with Crippen LogP contribution in [0.2, 0.25) is 0 Å². The van der Waals surface area contributed by atoms with Crippen LogP contribution in [0, 0.1) is 6.92 Å². The molecule has 0 radical (unpaired) electrons. The molecule has 0 aliphatic carbocycles. The van der Waals surface area contributed by atoms with E-state index in [1.807, 2.05) is 39.0 Å². The number of ketones is 2. The van der Waals surface area contributed by atoms with Gasteiger partial charge in [-0.1, -0.05) is 30.3 Å². The number of rotatable bonds is 4. The molecular weight excluding hydrogens is 304 g/mol. The third-order valence-electron chi connectivity index (χ3n) is 3.92. The zero-order valence-corrected chi connectivity index (χ0v) is 13.9. The van der Waals surface area contributed by atoms with Gasteiger partial charge in [-0.05, 0) is 38.5 Å². The van der Waals surface area contributed by atoms with Crippen molar-refractivity contribution in [2.45, 2.75) is 20.8 Å². The summed E-state index contributed by atoms with van der Waals surface area (Å²) < 4.78 is 11.4. The predicted octanol–water partition coefficient (Wildman–Crippen LogP) is 4.13. The zero-order valence-electron chi connectivity index (χ0n) is 13.9. The van der Waals surface area contributed by atoms with Crippen LogP contribution in [0.4, 0.5) is 0 Å². The molecule has 1 aliphatic rings. The summed E-state index contributed by atoms with van der Waals surface area (Å²) in [6.07, 6.45) is 0. The highest BCUT2D eigenvalue weighted by Crippen LogP contribution is 2.39. The first kappa shape index (κ1) is 16.0. The van der Waals surface area contributed by atoms with Gasteiger partial charge >= 0.3 is 0 Å². The fourth-order valence-corrected chi connectivity index (χ4v) is 2.59. The number of Topliss-reactive ketones (excluding diaryl/α,β-unsaturated/α-hetero) is 2. The molecule has 0 unspecified atom stereocenters. The second-order valence-electron chi connectivity index (χ2n) is 5.90. The Bertz CT molecular complexity index is 843. The lowest BCUT2D eigenvalue weighted by atomic mass is 10.1. The lowest BCUT2D eigenvalue weighted by molar-refractivity contribution is 0.0920. The molecule has 0 fully saturated rings. The van der Waals surface area contributed by atoms with E-state index >= 15 is 0 Å². The van der Waals surface area contributed by atoms with Crippen molar-refractivity contribution in [1.82, 2.24) is 0 Å². The van der Waals surface area contributed by atoms with Crippen LogP contribution in [0.3, 0.4) is 0 Å². The van der Waals surface area contributed by atoms with Gasteiger partial charge in [-0.15, -0.1) is 0 Å². The minimum Gasteiger partial charge on any atom is -0.485 e. The SMILES string of the molecule is CC(C)=C1Oc2c(ccc(OCC(=O)c3ccccc3)c2C)C1=O. The Morgan fingerprint density at radius 3 is 2.46 bits per heavy atom. The molecule has 3 rings (SSSR count). The van der Waals surface area contributed by atoms with Crippen molar-refractivity contribution < 1.29 is 19.1 Å². The molecule has 2 aromatic carbocycles. The van der Waals surface area contributed by atoms with Crippen molar-refractivity contribution in [2.75, 3.05) is 6.61 Å². The van der Waals surface area contributed by atoms with Gasteiger partial charge in [-0.3, -0.25) is 9.59 Å². The van der Waals surface area contributed by atoms with Crippen LogP contribution in [0.5, 0.6) is 11.5 Å². The molecule has 0 atom stereocenters. The molecule has 0 N–H and O–H groups in total. The molecule has 0 saturated carbocycles. The smallest absolute Gasteiger partial charge is 0.231 e. The molecule has 0 aromatic heterocycles. The standard InChI is InChI=1S/C20H18O4/c1-12(2)19-18(22)15-9-10-17(13(3)20(15)24-19)23-11-16(21)14-7-5-4-6-8-14/h4-10H,11H2,1-3H3. The number of benzene rings is 2. The number of carbonyl (C=O) groups is 2. The topological polar surface area (TPSA) is 52.6 Å². The molecule has 0 saturated heterocycles. The van der Waals surface area contributed by atoms with Gasteiger partial charge in [0.15, 0.2) is 18.1 Å². The molecule has 4 nitrogen and oxygen atoms in total. The van der Waals surface area contributed by atoms with Crippen molar-refractivity contribution in [1.29, 1.82) is 0 Å². The van der Waals surface area contributed by atoms with E-state index in [-0.39, 0.29) is 18.2 Å². The molecule has 2 aromatic rings. The maximum Gasteiger partial charge on any atom is 0.231 e. The van der Waals surface area contributed by atoms with Crippen LogP contribution in [0.25, 0.3) is 0 Å². The summed E-state index contributed by atoms with van der Waals surface area (Å²) in [5.74, 6) is 1.21. The summed E-state index contributed by atoms with van der Waals surface area (Å²) in [7, 11) is 0. The average molecular weight is 322 g/mol. The van der Waals surface area contributed by atoms with E-state index in [1.165, 1.54) is 0 Å². The summed E-state index contributed by atoms with van der Waals surface area (Å²) in [6, 6.07) is 12.4. The fourth-order valence-electron chi connectivity index (χ4n) is 2.59. The Morgan fingerprint density at radius 2 is 1.79 bits per heavy atom. The summed E-state index contributed by atoms with van der Waals surface area (Å²) in [5, 5.41) is 0. The largest absolute Gasteiger partial charge is 0.485 e. The van der Waals surface area contributed by atoms with Crippen molar-refractivity contribution in [2.24, 2.45) is 0 Å². The molecule has 1 heterocycles. The van der Waals surface area contributed by atoms with Crippen LogP contribution in [0.15, 0.2) is 53.8 Å². The summed E-state index contributed by atoms with van der Waals surface area (Å²) in [5.41, 5.74) is 2.69. The van der Waals surface area contributed by atoms with E-state index in [0.29, 0.717) is 28.4 Å². The lowest BCUT2D eigenvalue weighted by Crippen LogP contribution is -2.12. The van der Waals surface area contributed by atoms with Crippen molar-refractivity contribution in [3.05, 3.63) is 70.5 Å². The highest BCUT2D eigenvalue weighted by Gasteiger charge is 2.30. The highest BCUT2D eigenvalue weighted by molar-refractivity contribution is 6.13. The van der Waals surface area contributed by atoms with E-state index in [4.69, 9.17) is 9.47 Å². The van der Waals surface area contributed by atoms with Crippen LogP contribution >= 0.6 is 0 Å². The van der Waals surface area contributed by atoms with Crippen molar-refractivity contribution in [3.63, 3.8) is 0 Å². The Labute approximate surface area is 140 Å². The summed E-state index contributed by atoms with van der Waals surface area (Å²) in [4.78, 5) is 24.4. The first-order chi connectivity index (χ1) is 11.5. The van der Waals surface area contributed by atoms with Crippen LogP contribution in [-0.2, 0) is 0 Å². The average Bonchev–Trinajstić information content (AvgIpc) is 2.93. The summed E-state index contributed by atoms with van der Waals surface area (Å²) >= 11 is 0. The Kier molecular flexibility index (Phi) is 4.21. The van der Waals surface area contributed by atoms with E-state index in [0.717, 1.165) is 11.1 Å². The van der Waals surface area contributed by atoms with Gasteiger partial charge in [0.25, 0.3) is 0 Å². The normalized spacial score (nSPS) is 12.6. The lowest BCUT2D eigenvalue weighted by Gasteiger charge is -2.11. The number of hydrogen-bond donors (Lipinski definition) is 0. The Hall–Kier alpha value is -2.88. The molecule has 1 aliphatic heterocycles. The zero-order chi connectivity index (χ0) is 17.3. The number of carbonyl (C=O) groups excluding carboxylic acids is 2. The quantitative estimate of drug-likeness (QED) is 0.627. The van der Waals surface area contributed by atoms with Gasteiger partial charge < -0.3 is 9.47 Å². The van der Waals surface area contributed by atoms with E-state index in [2.05, 4.69) is 0 Å². The predicted molar refractivity (Wildman–Crippen MR) is 90.8 cm³/mol. The molecule has 122 valence electrons. The molecule has 24 heavy (non-hydrogen) atoms. The second kappa shape index (κ2) is 6.32. The van der Waals surface area contributed by atoms with Crippen LogP contribution < -0.4 is 9.47 Å². The number of fused-ring (bicyclic) bond motifs is 1. The van der Waals surface area contributed by atoms with Crippen molar-refractivity contribution in [3.8, 4) is 11.5 Å². The Balaban J connectivity index is 1.80. The molecule has 0 amide bonds. The molecular formula is C20H18O4. The third-order valence-corrected chi connectivity index (χ3v) is 3.92. The van der Waals surface area contributed by atoms with Gasteiger partial charge in [0.1, 0.15) is 11.5 Å². The maximum absolute atomic E-state index is 12.3. The molecule has 4 heteroatoms. The van der Waals surface area contributed by atoms with Crippen molar-refractivity contribution >= 4 is 11.6 Å². The number of allylic oxidation sites excluding steroid dienone is 2.